The van der Waals surface area contributed by atoms with Crippen molar-refractivity contribution >= 4 is 11.7 Å². The van der Waals surface area contributed by atoms with Crippen LogP contribution in [0.1, 0.15) is 33.6 Å². The van der Waals surface area contributed by atoms with Crippen LogP contribution in [0.3, 0.4) is 0 Å². The molecule has 1 atom stereocenters. The van der Waals surface area contributed by atoms with Crippen molar-refractivity contribution in [1.29, 1.82) is 0 Å². The number of urea groups is 1. The van der Waals surface area contributed by atoms with Crippen LogP contribution < -0.4 is 10.6 Å². The van der Waals surface area contributed by atoms with E-state index in [0.29, 0.717) is 17.5 Å². The molecule has 0 aliphatic heterocycles. The van der Waals surface area contributed by atoms with Gasteiger partial charge in [-0.1, -0.05) is 19.9 Å². The first-order chi connectivity index (χ1) is 10.5. The average molecular weight is 302 g/mol. The summed E-state index contributed by atoms with van der Waals surface area (Å²) in [5.41, 5.74) is 1.45. The Kier molecular flexibility index (Phi) is 5.52. The molecule has 6 nitrogen and oxygen atoms in total. The van der Waals surface area contributed by atoms with E-state index >= 15 is 0 Å². The largest absolute Gasteiger partial charge is 0.423 e. The third-order valence-electron chi connectivity index (χ3n) is 3.28. The van der Waals surface area contributed by atoms with Crippen molar-refractivity contribution in [2.24, 2.45) is 5.92 Å². The maximum Gasteiger partial charge on any atom is 0.319 e. The minimum Gasteiger partial charge on any atom is -0.423 e. The Morgan fingerprint density at radius 1 is 1.27 bits per heavy atom. The average Bonchev–Trinajstić information content (AvgIpc) is 2.99. The first-order valence-corrected chi connectivity index (χ1v) is 7.48. The molecule has 2 N–H and O–H groups in total. The van der Waals surface area contributed by atoms with E-state index in [1.165, 1.54) is 6.39 Å². The molecule has 2 rings (SSSR count). The van der Waals surface area contributed by atoms with Crippen LogP contribution in [-0.2, 0) is 0 Å². The van der Waals surface area contributed by atoms with Gasteiger partial charge in [-0.2, -0.15) is 0 Å². The number of carbonyl (C=O) groups is 1. The topological polar surface area (TPSA) is 80.0 Å². The molecule has 1 heterocycles. The van der Waals surface area contributed by atoms with Crippen molar-refractivity contribution < 1.29 is 9.21 Å². The van der Waals surface area contributed by atoms with Gasteiger partial charge >= 0.3 is 6.03 Å². The van der Waals surface area contributed by atoms with E-state index in [4.69, 9.17) is 4.42 Å². The van der Waals surface area contributed by atoms with Crippen LogP contribution in [0.25, 0.3) is 11.5 Å². The van der Waals surface area contributed by atoms with E-state index in [1.54, 1.807) is 6.07 Å². The molecule has 0 unspecified atom stereocenters. The fourth-order valence-corrected chi connectivity index (χ4v) is 2.08. The van der Waals surface area contributed by atoms with Gasteiger partial charge in [0, 0.05) is 17.3 Å². The molecule has 2 aromatic rings. The van der Waals surface area contributed by atoms with Gasteiger partial charge in [-0.05, 0) is 43.9 Å². The van der Waals surface area contributed by atoms with Crippen LogP contribution >= 0.6 is 0 Å². The van der Waals surface area contributed by atoms with Crippen molar-refractivity contribution in [3.63, 3.8) is 0 Å². The first-order valence-electron chi connectivity index (χ1n) is 7.48. The van der Waals surface area contributed by atoms with Gasteiger partial charge in [0.25, 0.3) is 0 Å². The molecule has 118 valence electrons. The SMILES string of the molecule is CC(C)CC[C@H](C)NC(=O)Nc1cccc(-c2nnco2)c1. The highest BCUT2D eigenvalue weighted by molar-refractivity contribution is 5.90. The molecular weight excluding hydrogens is 280 g/mol. The number of hydrogen-bond donors (Lipinski definition) is 2. The highest BCUT2D eigenvalue weighted by Crippen LogP contribution is 2.20. The van der Waals surface area contributed by atoms with Gasteiger partial charge in [-0.3, -0.25) is 0 Å². The van der Waals surface area contributed by atoms with E-state index in [0.717, 1.165) is 18.4 Å². The molecule has 0 bridgehead atoms. The molecule has 0 saturated heterocycles. The quantitative estimate of drug-likeness (QED) is 0.853. The molecule has 1 aromatic carbocycles. The Bertz CT molecular complexity index is 596. The highest BCUT2D eigenvalue weighted by atomic mass is 16.4. The summed E-state index contributed by atoms with van der Waals surface area (Å²) in [5, 5.41) is 13.3. The second-order valence-corrected chi connectivity index (χ2v) is 5.80. The lowest BCUT2D eigenvalue weighted by molar-refractivity contribution is 0.248. The van der Waals surface area contributed by atoms with Gasteiger partial charge in [0.05, 0.1) is 0 Å². The van der Waals surface area contributed by atoms with E-state index in [1.807, 2.05) is 25.1 Å². The lowest BCUT2D eigenvalue weighted by Crippen LogP contribution is -2.36. The van der Waals surface area contributed by atoms with E-state index < -0.39 is 0 Å². The van der Waals surface area contributed by atoms with Gasteiger partial charge < -0.3 is 15.1 Å². The molecule has 2 amide bonds. The molecule has 0 spiro atoms. The number of carbonyl (C=O) groups excluding carboxylic acids is 1. The zero-order valence-corrected chi connectivity index (χ0v) is 13.2. The van der Waals surface area contributed by atoms with Crippen LogP contribution in [-0.4, -0.2) is 22.3 Å². The van der Waals surface area contributed by atoms with Crippen LogP contribution in [0.15, 0.2) is 35.1 Å². The van der Waals surface area contributed by atoms with Gasteiger partial charge in [0.1, 0.15) is 0 Å². The predicted octanol–water partition coefficient (Wildman–Crippen LogP) is 3.68. The number of nitrogens with one attached hydrogen (secondary N) is 2. The number of amides is 2. The van der Waals surface area contributed by atoms with E-state index in [-0.39, 0.29) is 12.1 Å². The third-order valence-corrected chi connectivity index (χ3v) is 3.28. The van der Waals surface area contributed by atoms with Gasteiger partial charge in [-0.25, -0.2) is 4.79 Å². The maximum atomic E-state index is 12.0. The molecule has 0 radical (unpaired) electrons. The normalized spacial score (nSPS) is 12.2. The number of hydrogen-bond acceptors (Lipinski definition) is 4. The lowest BCUT2D eigenvalue weighted by atomic mass is 10.0. The lowest BCUT2D eigenvalue weighted by Gasteiger charge is -2.15. The summed E-state index contributed by atoms with van der Waals surface area (Å²) >= 11 is 0. The fraction of sp³-hybridized carbons (Fsp3) is 0.438. The van der Waals surface area contributed by atoms with Crippen molar-refractivity contribution in [3.05, 3.63) is 30.7 Å². The Morgan fingerprint density at radius 3 is 2.77 bits per heavy atom. The highest BCUT2D eigenvalue weighted by Gasteiger charge is 2.09. The van der Waals surface area contributed by atoms with Gasteiger partial charge in [0.2, 0.25) is 12.3 Å². The summed E-state index contributed by atoms with van der Waals surface area (Å²) in [5.74, 6) is 1.06. The minimum atomic E-state index is -0.209. The smallest absolute Gasteiger partial charge is 0.319 e. The summed E-state index contributed by atoms with van der Waals surface area (Å²) in [6.07, 6.45) is 3.33. The summed E-state index contributed by atoms with van der Waals surface area (Å²) in [7, 11) is 0. The standard InChI is InChI=1S/C16H22N4O2/c1-11(2)7-8-12(3)18-16(21)19-14-6-4-5-13(9-14)15-20-17-10-22-15/h4-6,9-12H,7-8H2,1-3H3,(H2,18,19,21)/t12-/m0/s1. The summed E-state index contributed by atoms with van der Waals surface area (Å²) < 4.78 is 5.15. The molecule has 0 aliphatic rings. The number of benzene rings is 1. The molecule has 0 aliphatic carbocycles. The predicted molar refractivity (Wildman–Crippen MR) is 85.4 cm³/mol. The van der Waals surface area contributed by atoms with Gasteiger partial charge in [-0.15, -0.1) is 10.2 Å². The Morgan fingerprint density at radius 2 is 2.09 bits per heavy atom. The molecular formula is C16H22N4O2. The van der Waals surface area contributed by atoms with Crippen molar-refractivity contribution in [2.75, 3.05) is 5.32 Å². The second-order valence-electron chi connectivity index (χ2n) is 5.80. The molecule has 6 heteroatoms. The van der Waals surface area contributed by atoms with Crippen LogP contribution in [0.5, 0.6) is 0 Å². The Hall–Kier alpha value is -2.37. The minimum absolute atomic E-state index is 0.140. The van der Waals surface area contributed by atoms with Crippen LogP contribution in [0, 0.1) is 5.92 Å². The zero-order chi connectivity index (χ0) is 15.9. The molecule has 1 aromatic heterocycles. The molecule has 0 fully saturated rings. The summed E-state index contributed by atoms with van der Waals surface area (Å²) in [4.78, 5) is 12.0. The summed E-state index contributed by atoms with van der Waals surface area (Å²) in [6.45, 7) is 6.36. The summed E-state index contributed by atoms with van der Waals surface area (Å²) in [6, 6.07) is 7.23. The van der Waals surface area contributed by atoms with Crippen LogP contribution in [0.2, 0.25) is 0 Å². The second kappa shape index (κ2) is 7.59. The van der Waals surface area contributed by atoms with E-state index in [9.17, 15) is 4.79 Å². The first kappa shape index (κ1) is 16.0. The third kappa shape index (κ3) is 4.87. The fourth-order valence-electron chi connectivity index (χ4n) is 2.08. The van der Waals surface area contributed by atoms with Crippen LogP contribution in [0.4, 0.5) is 10.5 Å². The molecule has 22 heavy (non-hydrogen) atoms. The zero-order valence-electron chi connectivity index (χ0n) is 13.2. The molecule has 0 saturated carbocycles. The Labute approximate surface area is 130 Å². The van der Waals surface area contributed by atoms with Crippen molar-refractivity contribution in [3.8, 4) is 11.5 Å². The number of nitrogens with zero attached hydrogens (tertiary/aromatic N) is 2. The van der Waals surface area contributed by atoms with E-state index in [2.05, 4.69) is 34.7 Å². The number of anilines is 1. The number of aromatic nitrogens is 2. The van der Waals surface area contributed by atoms with Gasteiger partial charge in [0.15, 0.2) is 0 Å². The Balaban J connectivity index is 1.90. The maximum absolute atomic E-state index is 12.0. The monoisotopic (exact) mass is 302 g/mol. The number of rotatable bonds is 6. The van der Waals surface area contributed by atoms with Crippen molar-refractivity contribution in [1.82, 2.24) is 15.5 Å². The van der Waals surface area contributed by atoms with Crippen molar-refractivity contribution in [2.45, 2.75) is 39.7 Å².